The third-order valence-corrected chi connectivity index (χ3v) is 10.4. The lowest BCUT2D eigenvalue weighted by Crippen LogP contribution is -2.00. The molecule has 0 spiro atoms. The Morgan fingerprint density at radius 3 is 1.69 bits per heavy atom. The summed E-state index contributed by atoms with van der Waals surface area (Å²) < 4.78 is 8.92. The Morgan fingerprint density at radius 1 is 0.370 bits per heavy atom. The minimum absolute atomic E-state index is 0.593. The molecule has 0 unspecified atom stereocenters. The summed E-state index contributed by atoms with van der Waals surface area (Å²) in [6.07, 6.45) is 0. The molecule has 3 aromatic heterocycles. The van der Waals surface area contributed by atoms with Gasteiger partial charge in [-0.1, -0.05) is 133 Å². The van der Waals surface area contributed by atoms with E-state index < -0.39 is 0 Å². The molecule has 0 saturated heterocycles. The zero-order chi connectivity index (χ0) is 35.6. The molecule has 0 saturated carbocycles. The molecule has 0 aliphatic carbocycles. The van der Waals surface area contributed by atoms with E-state index in [0.29, 0.717) is 17.5 Å². The summed E-state index contributed by atoms with van der Waals surface area (Å²) in [6.45, 7) is 0. The first kappa shape index (κ1) is 30.3. The summed E-state index contributed by atoms with van der Waals surface area (Å²) in [5, 5.41) is 6.95. The molecule has 5 nitrogen and oxygen atoms in total. The first-order valence-electron chi connectivity index (χ1n) is 18.1. The average Bonchev–Trinajstić information content (AvgIpc) is 3.78. The van der Waals surface area contributed by atoms with E-state index >= 15 is 0 Å². The van der Waals surface area contributed by atoms with Crippen molar-refractivity contribution < 1.29 is 4.42 Å². The number of hydrogen-bond donors (Lipinski definition) is 0. The van der Waals surface area contributed by atoms with E-state index in [9.17, 15) is 0 Å². The van der Waals surface area contributed by atoms with Crippen LogP contribution in [-0.2, 0) is 0 Å². The summed E-state index contributed by atoms with van der Waals surface area (Å²) in [5.74, 6) is 1.83. The molecule has 0 atom stereocenters. The fraction of sp³-hybridized carbons (Fsp3) is 0. The quantitative estimate of drug-likeness (QED) is 0.180. The highest BCUT2D eigenvalue weighted by molar-refractivity contribution is 6.14. The first-order chi connectivity index (χ1) is 26.7. The monoisotopic (exact) mass is 690 g/mol. The Labute approximate surface area is 310 Å². The van der Waals surface area contributed by atoms with Gasteiger partial charge < -0.3 is 8.98 Å². The maximum absolute atomic E-state index is 6.55. The number of aromatic nitrogens is 4. The largest absolute Gasteiger partial charge is 0.456 e. The van der Waals surface area contributed by atoms with Gasteiger partial charge in [-0.15, -0.1) is 0 Å². The van der Waals surface area contributed by atoms with Crippen LogP contribution < -0.4 is 0 Å². The number of hydrogen-bond acceptors (Lipinski definition) is 4. The lowest BCUT2D eigenvalue weighted by Gasteiger charge is -2.12. The van der Waals surface area contributed by atoms with E-state index in [-0.39, 0.29) is 0 Å². The van der Waals surface area contributed by atoms with Gasteiger partial charge >= 0.3 is 0 Å². The summed E-state index contributed by atoms with van der Waals surface area (Å²) in [6, 6.07) is 63.4. The van der Waals surface area contributed by atoms with Crippen LogP contribution in [0.2, 0.25) is 0 Å². The van der Waals surface area contributed by atoms with Gasteiger partial charge in [0.25, 0.3) is 0 Å². The number of nitrogens with zero attached hydrogens (tertiary/aromatic N) is 4. The van der Waals surface area contributed by atoms with Crippen LogP contribution in [0.1, 0.15) is 0 Å². The molecule has 0 aliphatic rings. The summed E-state index contributed by atoms with van der Waals surface area (Å²) >= 11 is 0. The van der Waals surface area contributed by atoms with E-state index in [0.717, 1.165) is 55.4 Å². The Bertz CT molecular complexity index is 3140. The van der Waals surface area contributed by atoms with Crippen LogP contribution in [0.4, 0.5) is 0 Å². The van der Waals surface area contributed by atoms with E-state index in [2.05, 4.69) is 108 Å². The molecule has 252 valence electrons. The van der Waals surface area contributed by atoms with Gasteiger partial charge in [-0.25, -0.2) is 15.0 Å². The van der Waals surface area contributed by atoms with Crippen molar-refractivity contribution in [3.8, 4) is 51.0 Å². The van der Waals surface area contributed by atoms with E-state index in [1.807, 2.05) is 78.9 Å². The Hall–Kier alpha value is -7.37. The molecule has 0 aliphatic heterocycles. The topological polar surface area (TPSA) is 56.7 Å². The van der Waals surface area contributed by atoms with Crippen molar-refractivity contribution in [3.63, 3.8) is 0 Å². The highest BCUT2D eigenvalue weighted by Gasteiger charge is 2.20. The van der Waals surface area contributed by atoms with Crippen molar-refractivity contribution in [2.75, 3.05) is 0 Å². The van der Waals surface area contributed by atoms with Gasteiger partial charge in [-0.05, 0) is 70.4 Å². The van der Waals surface area contributed by atoms with Gasteiger partial charge in [0.05, 0.1) is 11.0 Å². The second-order valence-corrected chi connectivity index (χ2v) is 13.6. The normalized spacial score (nSPS) is 11.7. The lowest BCUT2D eigenvalue weighted by atomic mass is 9.98. The molecule has 0 amide bonds. The Balaban J connectivity index is 1.11. The predicted octanol–water partition coefficient (Wildman–Crippen LogP) is 12.7. The van der Waals surface area contributed by atoms with Crippen molar-refractivity contribution in [2.45, 2.75) is 0 Å². The van der Waals surface area contributed by atoms with Crippen LogP contribution in [0.15, 0.2) is 186 Å². The number of rotatable bonds is 5. The van der Waals surface area contributed by atoms with Crippen molar-refractivity contribution in [1.29, 1.82) is 0 Å². The maximum Gasteiger partial charge on any atom is 0.164 e. The summed E-state index contributed by atoms with van der Waals surface area (Å²) in [7, 11) is 0. The van der Waals surface area contributed by atoms with Crippen molar-refractivity contribution in [3.05, 3.63) is 182 Å². The fourth-order valence-electron chi connectivity index (χ4n) is 7.86. The van der Waals surface area contributed by atoms with Gasteiger partial charge in [-0.2, -0.15) is 0 Å². The van der Waals surface area contributed by atoms with Crippen LogP contribution >= 0.6 is 0 Å². The molecule has 0 fully saturated rings. The van der Waals surface area contributed by atoms with Crippen molar-refractivity contribution in [1.82, 2.24) is 19.5 Å². The van der Waals surface area contributed by atoms with Gasteiger partial charge in [0.15, 0.2) is 17.5 Å². The highest BCUT2D eigenvalue weighted by Crippen LogP contribution is 2.41. The van der Waals surface area contributed by atoms with E-state index in [1.54, 1.807) is 0 Å². The molecule has 11 aromatic rings. The number of benzene rings is 8. The smallest absolute Gasteiger partial charge is 0.164 e. The first-order valence-corrected chi connectivity index (χ1v) is 18.1. The second kappa shape index (κ2) is 12.1. The third-order valence-electron chi connectivity index (χ3n) is 10.4. The number of para-hydroxylation sites is 2. The zero-order valence-corrected chi connectivity index (χ0v) is 29.0. The molecular weight excluding hydrogens is 661 g/mol. The van der Waals surface area contributed by atoms with Crippen molar-refractivity contribution >= 4 is 54.5 Å². The van der Waals surface area contributed by atoms with Crippen LogP contribution in [0.25, 0.3) is 105 Å². The van der Waals surface area contributed by atoms with Gasteiger partial charge in [-0.3, -0.25) is 0 Å². The van der Waals surface area contributed by atoms with E-state index in [4.69, 9.17) is 19.4 Å². The molecular formula is C49H30N4O. The minimum Gasteiger partial charge on any atom is -0.456 e. The summed E-state index contributed by atoms with van der Waals surface area (Å²) in [4.78, 5) is 15.2. The van der Waals surface area contributed by atoms with E-state index in [1.165, 1.54) is 32.6 Å². The second-order valence-electron chi connectivity index (χ2n) is 13.6. The van der Waals surface area contributed by atoms with Gasteiger partial charge in [0.2, 0.25) is 0 Å². The molecule has 0 radical (unpaired) electrons. The molecule has 5 heteroatoms. The third kappa shape index (κ3) is 4.90. The fourth-order valence-corrected chi connectivity index (χ4v) is 7.86. The zero-order valence-electron chi connectivity index (χ0n) is 29.0. The minimum atomic E-state index is 0.593. The molecule has 54 heavy (non-hydrogen) atoms. The number of furan rings is 1. The molecule has 11 rings (SSSR count). The van der Waals surface area contributed by atoms with Crippen LogP contribution in [0, 0.1) is 0 Å². The average molecular weight is 691 g/mol. The van der Waals surface area contributed by atoms with Gasteiger partial charge in [0, 0.05) is 43.9 Å². The Morgan fingerprint density at radius 2 is 0.963 bits per heavy atom. The Kier molecular flexibility index (Phi) is 6.79. The van der Waals surface area contributed by atoms with Crippen LogP contribution in [0.5, 0.6) is 0 Å². The number of fused-ring (bicyclic) bond motifs is 7. The lowest BCUT2D eigenvalue weighted by molar-refractivity contribution is 0.669. The van der Waals surface area contributed by atoms with Crippen molar-refractivity contribution in [2.24, 2.45) is 0 Å². The van der Waals surface area contributed by atoms with Gasteiger partial charge in [0.1, 0.15) is 11.2 Å². The highest BCUT2D eigenvalue weighted by atomic mass is 16.3. The molecule has 3 heterocycles. The maximum atomic E-state index is 6.55. The standard InChI is InChI=1S/C49H30N4O/c1-3-13-32(14-4-1)47-50-48(33-15-5-2-6-16-33)52-49(51-47)41-28-36(30-45-46(41)39-20-10-12-22-44(39)54-45)31-23-25-37(26-24-31)53-42-21-11-9-19-38(42)40-27-34-17-7-8-18-35(34)29-43(40)53/h1-30H. The summed E-state index contributed by atoms with van der Waals surface area (Å²) in [5.41, 5.74) is 9.89. The molecule has 8 aromatic carbocycles. The SMILES string of the molecule is c1ccc(-c2nc(-c3ccccc3)nc(-c3cc(-c4ccc(-n5c6ccccc6c6cc7ccccc7cc65)cc4)cc4oc5ccccc5c34)n2)cc1. The molecule has 0 N–H and O–H groups in total. The predicted molar refractivity (Wildman–Crippen MR) is 221 cm³/mol. The van der Waals surface area contributed by atoms with Crippen LogP contribution in [-0.4, -0.2) is 19.5 Å². The van der Waals surface area contributed by atoms with Crippen LogP contribution in [0.3, 0.4) is 0 Å². The molecule has 0 bridgehead atoms.